The molecule has 0 aliphatic carbocycles. The standard InChI is InChI=1S/C20H30N6OS.HI/c1-5-21-20(23-12-18-25-17(14-28-18)15(2)3)24-13-19(27)26(4)11-9-16-8-6-7-10-22-16;/h6-8,10,14-15H,5,9,11-13H2,1-4H3,(H2,21,23,24);1H. The number of pyridine rings is 1. The number of nitrogens with one attached hydrogen (secondary N) is 2. The van der Waals surface area contributed by atoms with Gasteiger partial charge in [0, 0.05) is 43.8 Å². The van der Waals surface area contributed by atoms with Crippen LogP contribution in [-0.2, 0) is 17.8 Å². The van der Waals surface area contributed by atoms with Crippen LogP contribution in [0.15, 0.2) is 34.8 Å². The average Bonchev–Trinajstić information content (AvgIpc) is 3.18. The minimum absolute atomic E-state index is 0. The summed E-state index contributed by atoms with van der Waals surface area (Å²) in [5.41, 5.74) is 2.08. The van der Waals surface area contributed by atoms with Crippen molar-refractivity contribution in [2.75, 3.05) is 26.7 Å². The van der Waals surface area contributed by atoms with Gasteiger partial charge in [-0.1, -0.05) is 19.9 Å². The highest BCUT2D eigenvalue weighted by molar-refractivity contribution is 14.0. The van der Waals surface area contributed by atoms with Crippen molar-refractivity contribution >= 4 is 47.2 Å². The number of carbonyl (C=O) groups is 1. The van der Waals surface area contributed by atoms with E-state index >= 15 is 0 Å². The molecule has 0 aliphatic heterocycles. The first kappa shape index (κ1) is 25.3. The van der Waals surface area contributed by atoms with Crippen molar-refractivity contribution in [1.29, 1.82) is 0 Å². The molecule has 0 radical (unpaired) electrons. The fourth-order valence-electron chi connectivity index (χ4n) is 2.39. The summed E-state index contributed by atoms with van der Waals surface area (Å²) in [7, 11) is 1.80. The Morgan fingerprint density at radius 1 is 1.31 bits per heavy atom. The van der Waals surface area contributed by atoms with Gasteiger partial charge in [-0.15, -0.1) is 35.3 Å². The number of nitrogens with zero attached hydrogens (tertiary/aromatic N) is 4. The van der Waals surface area contributed by atoms with Gasteiger partial charge in [-0.2, -0.15) is 0 Å². The van der Waals surface area contributed by atoms with Gasteiger partial charge in [0.25, 0.3) is 0 Å². The first-order chi connectivity index (χ1) is 13.5. The topological polar surface area (TPSA) is 82.5 Å². The van der Waals surface area contributed by atoms with Gasteiger partial charge in [0.1, 0.15) is 11.6 Å². The Morgan fingerprint density at radius 3 is 2.72 bits per heavy atom. The number of hydrogen-bond donors (Lipinski definition) is 2. The fourth-order valence-corrected chi connectivity index (χ4v) is 3.29. The molecule has 0 aliphatic rings. The van der Waals surface area contributed by atoms with Crippen LogP contribution in [0.25, 0.3) is 0 Å². The van der Waals surface area contributed by atoms with Crippen LogP contribution in [0.5, 0.6) is 0 Å². The molecule has 0 aromatic carbocycles. The predicted molar refractivity (Wildman–Crippen MR) is 130 cm³/mol. The second-order valence-electron chi connectivity index (χ2n) is 6.76. The summed E-state index contributed by atoms with van der Waals surface area (Å²) in [5, 5.41) is 9.51. The average molecular weight is 530 g/mol. The molecule has 1 amide bonds. The number of hydrogen-bond acceptors (Lipinski definition) is 5. The van der Waals surface area contributed by atoms with Crippen LogP contribution in [0.4, 0.5) is 0 Å². The molecule has 2 rings (SSSR count). The monoisotopic (exact) mass is 530 g/mol. The van der Waals surface area contributed by atoms with E-state index in [-0.39, 0.29) is 36.4 Å². The number of thiazole rings is 1. The van der Waals surface area contributed by atoms with Gasteiger partial charge in [0.15, 0.2) is 5.96 Å². The SMILES string of the molecule is CCNC(=NCC(=O)N(C)CCc1ccccn1)NCc1nc(C(C)C)cs1.I. The molecule has 0 spiro atoms. The summed E-state index contributed by atoms with van der Waals surface area (Å²) in [6.07, 6.45) is 2.50. The molecule has 2 N–H and O–H groups in total. The lowest BCUT2D eigenvalue weighted by atomic mass is 10.2. The number of amides is 1. The number of rotatable bonds is 9. The normalized spacial score (nSPS) is 11.1. The number of aliphatic imine (C=N–C) groups is 1. The Labute approximate surface area is 194 Å². The lowest BCUT2D eigenvalue weighted by Gasteiger charge is -2.16. The van der Waals surface area contributed by atoms with Crippen LogP contribution in [0, 0.1) is 0 Å². The van der Waals surface area contributed by atoms with Gasteiger partial charge in [-0.3, -0.25) is 9.78 Å². The zero-order chi connectivity index (χ0) is 20.4. The van der Waals surface area contributed by atoms with Crippen LogP contribution in [0.2, 0.25) is 0 Å². The number of carbonyl (C=O) groups excluding carboxylic acids is 1. The van der Waals surface area contributed by atoms with Gasteiger partial charge in [0.05, 0.1) is 12.2 Å². The summed E-state index contributed by atoms with van der Waals surface area (Å²) < 4.78 is 0. The predicted octanol–water partition coefficient (Wildman–Crippen LogP) is 3.04. The highest BCUT2D eigenvalue weighted by atomic mass is 127. The van der Waals surface area contributed by atoms with Gasteiger partial charge < -0.3 is 15.5 Å². The smallest absolute Gasteiger partial charge is 0.244 e. The zero-order valence-electron chi connectivity index (χ0n) is 17.5. The van der Waals surface area contributed by atoms with E-state index in [4.69, 9.17) is 0 Å². The van der Waals surface area contributed by atoms with Crippen molar-refractivity contribution in [2.24, 2.45) is 4.99 Å². The van der Waals surface area contributed by atoms with Gasteiger partial charge in [0.2, 0.25) is 5.91 Å². The number of guanidine groups is 1. The fraction of sp³-hybridized carbons (Fsp3) is 0.500. The van der Waals surface area contributed by atoms with E-state index in [9.17, 15) is 4.79 Å². The van der Waals surface area contributed by atoms with Crippen molar-refractivity contribution in [3.05, 3.63) is 46.2 Å². The van der Waals surface area contributed by atoms with Crippen molar-refractivity contribution in [3.8, 4) is 0 Å². The Bertz CT molecular complexity index is 765. The molecule has 0 unspecified atom stereocenters. The molecule has 0 bridgehead atoms. The quantitative estimate of drug-likeness (QED) is 0.296. The van der Waals surface area contributed by atoms with E-state index in [0.29, 0.717) is 25.0 Å². The van der Waals surface area contributed by atoms with E-state index < -0.39 is 0 Å². The number of likely N-dealkylation sites (N-methyl/N-ethyl adjacent to an activating group) is 1. The third-order valence-corrected chi connectivity index (χ3v) is 5.01. The van der Waals surface area contributed by atoms with Gasteiger partial charge in [-0.05, 0) is 25.0 Å². The minimum atomic E-state index is -0.0236. The van der Waals surface area contributed by atoms with E-state index in [1.807, 2.05) is 25.1 Å². The molecule has 7 nitrogen and oxygen atoms in total. The molecule has 0 atom stereocenters. The van der Waals surface area contributed by atoms with Crippen LogP contribution in [0.3, 0.4) is 0 Å². The van der Waals surface area contributed by atoms with Gasteiger partial charge in [-0.25, -0.2) is 9.98 Å². The van der Waals surface area contributed by atoms with Crippen LogP contribution < -0.4 is 10.6 Å². The molecule has 9 heteroatoms. The second-order valence-corrected chi connectivity index (χ2v) is 7.70. The third kappa shape index (κ3) is 9.07. The molecule has 29 heavy (non-hydrogen) atoms. The largest absolute Gasteiger partial charge is 0.357 e. The zero-order valence-corrected chi connectivity index (χ0v) is 20.7. The summed E-state index contributed by atoms with van der Waals surface area (Å²) in [6, 6.07) is 5.81. The molecule has 2 heterocycles. The van der Waals surface area contributed by atoms with Crippen LogP contribution in [-0.4, -0.2) is 53.4 Å². The van der Waals surface area contributed by atoms with Crippen LogP contribution in [0.1, 0.15) is 43.1 Å². The Hall–Kier alpha value is -1.75. The highest BCUT2D eigenvalue weighted by Gasteiger charge is 2.10. The molecule has 0 fully saturated rings. The maximum absolute atomic E-state index is 12.4. The van der Waals surface area contributed by atoms with E-state index in [2.05, 4.69) is 44.8 Å². The molecule has 160 valence electrons. The summed E-state index contributed by atoms with van der Waals surface area (Å²) in [6.45, 7) is 8.30. The Balaban J connectivity index is 0.00000420. The summed E-state index contributed by atoms with van der Waals surface area (Å²) in [4.78, 5) is 27.4. The van der Waals surface area contributed by atoms with E-state index in [1.165, 1.54) is 0 Å². The maximum Gasteiger partial charge on any atom is 0.244 e. The lowest BCUT2D eigenvalue weighted by molar-refractivity contribution is -0.128. The van der Waals surface area contributed by atoms with Crippen molar-refractivity contribution in [2.45, 2.75) is 39.7 Å². The van der Waals surface area contributed by atoms with E-state index in [0.717, 1.165) is 29.4 Å². The maximum atomic E-state index is 12.4. The molecule has 0 saturated heterocycles. The second kappa shape index (κ2) is 13.5. The van der Waals surface area contributed by atoms with E-state index in [1.54, 1.807) is 29.5 Å². The summed E-state index contributed by atoms with van der Waals surface area (Å²) >= 11 is 1.63. The minimum Gasteiger partial charge on any atom is -0.357 e. The van der Waals surface area contributed by atoms with Crippen molar-refractivity contribution < 1.29 is 4.79 Å². The Morgan fingerprint density at radius 2 is 2.10 bits per heavy atom. The highest BCUT2D eigenvalue weighted by Crippen LogP contribution is 2.17. The van der Waals surface area contributed by atoms with Crippen molar-refractivity contribution in [1.82, 2.24) is 25.5 Å². The first-order valence-electron chi connectivity index (χ1n) is 9.60. The molecular weight excluding hydrogens is 499 g/mol. The first-order valence-corrected chi connectivity index (χ1v) is 10.5. The molecule has 2 aromatic rings. The molecule has 2 aromatic heterocycles. The molecule has 0 saturated carbocycles. The summed E-state index contributed by atoms with van der Waals surface area (Å²) in [5.74, 6) is 1.02. The molecular formula is C20H31IN6OS. The number of aromatic nitrogens is 2. The lowest BCUT2D eigenvalue weighted by Crippen LogP contribution is -2.38. The Kier molecular flexibility index (Phi) is 11.7. The number of halogens is 1. The third-order valence-electron chi connectivity index (χ3n) is 4.14. The van der Waals surface area contributed by atoms with Crippen molar-refractivity contribution in [3.63, 3.8) is 0 Å². The van der Waals surface area contributed by atoms with Crippen LogP contribution >= 0.6 is 35.3 Å². The van der Waals surface area contributed by atoms with Gasteiger partial charge >= 0.3 is 0 Å².